The van der Waals surface area contributed by atoms with Gasteiger partial charge in [-0.15, -0.1) is 0 Å². The summed E-state index contributed by atoms with van der Waals surface area (Å²) < 4.78 is 0. The zero-order valence-corrected chi connectivity index (χ0v) is 19.7. The molecule has 3 aromatic carbocycles. The van der Waals surface area contributed by atoms with Gasteiger partial charge >= 0.3 is 5.97 Å². The number of hydrogen-bond acceptors (Lipinski definition) is 3. The summed E-state index contributed by atoms with van der Waals surface area (Å²) in [5, 5.41) is 13.5. The highest BCUT2D eigenvalue weighted by atomic mass is 32.1. The predicted octanol–water partition coefficient (Wildman–Crippen LogP) is 5.13. The van der Waals surface area contributed by atoms with Crippen LogP contribution in [0.4, 0.5) is 0 Å². The summed E-state index contributed by atoms with van der Waals surface area (Å²) in [6.45, 7) is 0. The summed E-state index contributed by atoms with van der Waals surface area (Å²) in [6, 6.07) is 25.0. The Morgan fingerprint density at radius 1 is 0.882 bits per heavy atom. The van der Waals surface area contributed by atoms with Crippen LogP contribution in [0.5, 0.6) is 0 Å². The minimum atomic E-state index is -1.05. The molecule has 0 unspecified atom stereocenters. The van der Waals surface area contributed by atoms with E-state index in [9.17, 15) is 14.7 Å². The molecule has 5 nitrogen and oxygen atoms in total. The molecule has 34 heavy (non-hydrogen) atoms. The molecule has 0 fully saturated rings. The number of para-hydroxylation sites is 1. The van der Waals surface area contributed by atoms with Gasteiger partial charge in [0.1, 0.15) is 6.04 Å². The van der Waals surface area contributed by atoms with Crippen molar-refractivity contribution in [1.82, 2.24) is 10.3 Å². The first-order valence-electron chi connectivity index (χ1n) is 11.4. The fourth-order valence-electron chi connectivity index (χ4n) is 4.24. The molecule has 0 aliphatic heterocycles. The van der Waals surface area contributed by atoms with Crippen molar-refractivity contribution in [3.8, 4) is 11.1 Å². The van der Waals surface area contributed by atoms with Gasteiger partial charge in [-0.2, -0.15) is 12.6 Å². The van der Waals surface area contributed by atoms with Crippen LogP contribution in [0.1, 0.15) is 17.5 Å². The van der Waals surface area contributed by atoms with Crippen LogP contribution in [0.25, 0.3) is 22.0 Å². The SMILES string of the molecule is O=C(N[C@@H](Cc1c[nH]c2ccccc12)C(=O)O)[C@@H](CCS)Cc1ccc(-c2ccccc2)cc1. The molecule has 0 radical (unpaired) electrons. The first-order valence-corrected chi connectivity index (χ1v) is 12.0. The third-order valence-corrected chi connectivity index (χ3v) is 6.36. The van der Waals surface area contributed by atoms with Gasteiger partial charge < -0.3 is 15.4 Å². The van der Waals surface area contributed by atoms with Crippen LogP contribution in [0.2, 0.25) is 0 Å². The number of H-pyrrole nitrogens is 1. The maximum atomic E-state index is 13.1. The monoisotopic (exact) mass is 472 g/mol. The summed E-state index contributed by atoms with van der Waals surface area (Å²) >= 11 is 4.33. The van der Waals surface area contributed by atoms with Gasteiger partial charge in [0.25, 0.3) is 0 Å². The topological polar surface area (TPSA) is 82.2 Å². The second kappa shape index (κ2) is 11.1. The molecule has 1 heterocycles. The van der Waals surface area contributed by atoms with Crippen molar-refractivity contribution >= 4 is 35.4 Å². The van der Waals surface area contributed by atoms with E-state index >= 15 is 0 Å². The van der Waals surface area contributed by atoms with E-state index in [-0.39, 0.29) is 18.2 Å². The Labute approximate surface area is 204 Å². The van der Waals surface area contributed by atoms with Crippen LogP contribution in [-0.4, -0.2) is 33.8 Å². The van der Waals surface area contributed by atoms with Gasteiger partial charge in [0, 0.05) is 29.4 Å². The minimum absolute atomic E-state index is 0.213. The zero-order valence-electron chi connectivity index (χ0n) is 18.8. The molecule has 2 atom stereocenters. The Morgan fingerprint density at radius 3 is 2.26 bits per heavy atom. The molecular weight excluding hydrogens is 444 g/mol. The van der Waals surface area contributed by atoms with Crippen LogP contribution >= 0.6 is 12.6 Å². The Bertz CT molecular complexity index is 1250. The summed E-state index contributed by atoms with van der Waals surface area (Å²) in [7, 11) is 0. The van der Waals surface area contributed by atoms with Crippen LogP contribution in [-0.2, 0) is 22.4 Å². The number of carboxylic acid groups (broad SMARTS) is 1. The number of carboxylic acids is 1. The molecule has 0 spiro atoms. The molecule has 3 N–H and O–H groups in total. The molecule has 0 bridgehead atoms. The van der Waals surface area contributed by atoms with Crippen LogP contribution in [0.15, 0.2) is 85.1 Å². The van der Waals surface area contributed by atoms with E-state index in [0.29, 0.717) is 18.6 Å². The van der Waals surface area contributed by atoms with E-state index in [1.807, 2.05) is 60.8 Å². The highest BCUT2D eigenvalue weighted by Crippen LogP contribution is 2.22. The number of rotatable bonds is 10. The first-order chi connectivity index (χ1) is 16.5. The summed E-state index contributed by atoms with van der Waals surface area (Å²) in [6.07, 6.45) is 3.12. The van der Waals surface area contributed by atoms with Gasteiger partial charge in [0.15, 0.2) is 0 Å². The highest BCUT2D eigenvalue weighted by Gasteiger charge is 2.26. The Morgan fingerprint density at radius 2 is 1.56 bits per heavy atom. The maximum absolute atomic E-state index is 13.1. The third-order valence-electron chi connectivity index (χ3n) is 6.11. The molecule has 4 aromatic rings. The lowest BCUT2D eigenvalue weighted by Gasteiger charge is -2.20. The number of aromatic amines is 1. The third kappa shape index (κ3) is 5.69. The summed E-state index contributed by atoms with van der Waals surface area (Å²) in [5.41, 5.74) is 5.10. The molecule has 1 aromatic heterocycles. The standard InChI is InChI=1S/C28H28N2O3S/c31-27(30-26(28(32)33)17-23-18-29-25-9-5-4-8-24(23)25)22(14-15-34)16-19-10-12-21(13-11-19)20-6-2-1-3-7-20/h1-13,18,22,26,29,34H,14-17H2,(H,30,31)(H,32,33)/t22-,26-/m0/s1. The first kappa shape index (κ1) is 23.6. The molecule has 1 amide bonds. The molecular formula is C28H28N2O3S. The molecule has 4 rings (SSSR count). The largest absolute Gasteiger partial charge is 0.480 e. The lowest BCUT2D eigenvalue weighted by molar-refractivity contribution is -0.142. The van der Waals surface area contributed by atoms with E-state index < -0.39 is 12.0 Å². The fourth-order valence-corrected chi connectivity index (χ4v) is 4.55. The number of nitrogens with one attached hydrogen (secondary N) is 2. The van der Waals surface area contributed by atoms with Crippen molar-refractivity contribution in [3.63, 3.8) is 0 Å². The van der Waals surface area contributed by atoms with Crippen molar-refractivity contribution < 1.29 is 14.7 Å². The number of carbonyl (C=O) groups is 2. The smallest absolute Gasteiger partial charge is 0.326 e. The van der Waals surface area contributed by atoms with Gasteiger partial charge in [-0.05, 0) is 46.9 Å². The second-order valence-corrected chi connectivity index (χ2v) is 8.89. The van der Waals surface area contributed by atoms with Crippen molar-refractivity contribution in [2.75, 3.05) is 5.75 Å². The molecule has 0 aliphatic rings. The Hall–Kier alpha value is -3.51. The molecule has 0 saturated heterocycles. The second-order valence-electron chi connectivity index (χ2n) is 8.44. The van der Waals surface area contributed by atoms with Crippen molar-refractivity contribution in [1.29, 1.82) is 0 Å². The summed E-state index contributed by atoms with van der Waals surface area (Å²) in [5.74, 6) is -1.12. The van der Waals surface area contributed by atoms with Crippen molar-refractivity contribution in [2.45, 2.75) is 25.3 Å². The van der Waals surface area contributed by atoms with E-state index in [0.717, 1.165) is 33.2 Å². The average Bonchev–Trinajstić information content (AvgIpc) is 3.27. The number of hydrogen-bond donors (Lipinski definition) is 4. The Balaban J connectivity index is 1.45. The number of carbonyl (C=O) groups excluding carboxylic acids is 1. The summed E-state index contributed by atoms with van der Waals surface area (Å²) in [4.78, 5) is 28.2. The number of fused-ring (bicyclic) bond motifs is 1. The molecule has 6 heteroatoms. The quantitative estimate of drug-likeness (QED) is 0.242. The van der Waals surface area contributed by atoms with Crippen LogP contribution in [0, 0.1) is 5.92 Å². The van der Waals surface area contributed by atoms with Crippen LogP contribution < -0.4 is 5.32 Å². The van der Waals surface area contributed by atoms with Gasteiger partial charge in [0.05, 0.1) is 0 Å². The number of benzene rings is 3. The van der Waals surface area contributed by atoms with Gasteiger partial charge in [-0.3, -0.25) is 4.79 Å². The lowest BCUT2D eigenvalue weighted by atomic mass is 9.94. The number of aromatic nitrogens is 1. The van der Waals surface area contributed by atoms with E-state index in [2.05, 4.69) is 47.2 Å². The molecule has 0 aliphatic carbocycles. The van der Waals surface area contributed by atoms with E-state index in [1.54, 1.807) is 0 Å². The predicted molar refractivity (Wildman–Crippen MR) is 139 cm³/mol. The number of thiol groups is 1. The average molecular weight is 473 g/mol. The normalized spacial score (nSPS) is 12.9. The molecule has 174 valence electrons. The van der Waals surface area contributed by atoms with Gasteiger partial charge in [-0.25, -0.2) is 4.79 Å². The van der Waals surface area contributed by atoms with E-state index in [1.165, 1.54) is 0 Å². The van der Waals surface area contributed by atoms with Crippen LogP contribution in [0.3, 0.4) is 0 Å². The number of amides is 1. The fraction of sp³-hybridized carbons (Fsp3) is 0.214. The zero-order chi connectivity index (χ0) is 23.9. The van der Waals surface area contributed by atoms with Gasteiger partial charge in [-0.1, -0.05) is 72.8 Å². The molecule has 0 saturated carbocycles. The maximum Gasteiger partial charge on any atom is 0.326 e. The van der Waals surface area contributed by atoms with Gasteiger partial charge in [0.2, 0.25) is 5.91 Å². The van der Waals surface area contributed by atoms with Crippen molar-refractivity contribution in [2.24, 2.45) is 5.92 Å². The van der Waals surface area contributed by atoms with Crippen molar-refractivity contribution in [3.05, 3.63) is 96.2 Å². The minimum Gasteiger partial charge on any atom is -0.480 e. The van der Waals surface area contributed by atoms with E-state index in [4.69, 9.17) is 0 Å². The Kier molecular flexibility index (Phi) is 7.70. The highest BCUT2D eigenvalue weighted by molar-refractivity contribution is 7.80. The lowest BCUT2D eigenvalue weighted by Crippen LogP contribution is -2.45. The number of aliphatic carboxylic acids is 1.